The molecule has 110 valence electrons. The molecule has 4 heteroatoms. The first-order valence-electron chi connectivity index (χ1n) is 7.47. The Labute approximate surface area is 119 Å². The third-order valence-electron chi connectivity index (χ3n) is 4.38. The van der Waals surface area contributed by atoms with E-state index in [1.165, 1.54) is 11.1 Å². The molecule has 0 amide bonds. The summed E-state index contributed by atoms with van der Waals surface area (Å²) in [7, 11) is 0. The fraction of sp³-hybridized carbons (Fsp3) is 0.625. The molecule has 0 spiro atoms. The summed E-state index contributed by atoms with van der Waals surface area (Å²) in [4.78, 5) is 0. The molecule has 4 nitrogen and oxygen atoms in total. The van der Waals surface area contributed by atoms with Crippen molar-refractivity contribution in [2.24, 2.45) is 5.73 Å². The van der Waals surface area contributed by atoms with E-state index in [-0.39, 0.29) is 24.5 Å². The zero-order valence-electron chi connectivity index (χ0n) is 11.9. The van der Waals surface area contributed by atoms with Crippen LogP contribution in [-0.2, 0) is 15.9 Å². The van der Waals surface area contributed by atoms with E-state index in [0.29, 0.717) is 6.42 Å². The lowest BCUT2D eigenvalue weighted by atomic mass is 9.89. The first-order valence-corrected chi connectivity index (χ1v) is 7.47. The van der Waals surface area contributed by atoms with Gasteiger partial charge in [0.25, 0.3) is 0 Å². The van der Waals surface area contributed by atoms with E-state index >= 15 is 0 Å². The van der Waals surface area contributed by atoms with Gasteiger partial charge in [-0.25, -0.2) is 0 Å². The number of nitrogens with two attached hydrogens (primary N) is 1. The maximum absolute atomic E-state index is 9.82. The molecule has 0 aromatic heterocycles. The molecule has 3 N–H and O–H groups in total. The monoisotopic (exact) mass is 277 g/mol. The summed E-state index contributed by atoms with van der Waals surface area (Å²) in [5.41, 5.74) is 8.59. The van der Waals surface area contributed by atoms with E-state index in [9.17, 15) is 5.11 Å². The molecular weight excluding hydrogens is 254 g/mol. The van der Waals surface area contributed by atoms with Crippen LogP contribution >= 0.6 is 0 Å². The number of hydrogen-bond donors (Lipinski definition) is 2. The van der Waals surface area contributed by atoms with Gasteiger partial charge in [-0.1, -0.05) is 24.3 Å². The van der Waals surface area contributed by atoms with Gasteiger partial charge >= 0.3 is 0 Å². The predicted octanol–water partition coefficient (Wildman–Crippen LogP) is 1.90. The molecule has 1 saturated heterocycles. The van der Waals surface area contributed by atoms with Crippen molar-refractivity contribution in [1.82, 2.24) is 0 Å². The Morgan fingerprint density at radius 2 is 2.15 bits per heavy atom. The van der Waals surface area contributed by atoms with Crippen LogP contribution in [0.15, 0.2) is 24.3 Å². The van der Waals surface area contributed by atoms with Gasteiger partial charge in [-0.2, -0.15) is 0 Å². The van der Waals surface area contributed by atoms with Gasteiger partial charge in [-0.15, -0.1) is 0 Å². The highest BCUT2D eigenvalue weighted by atomic mass is 16.7. The van der Waals surface area contributed by atoms with Crippen molar-refractivity contribution < 1.29 is 14.6 Å². The summed E-state index contributed by atoms with van der Waals surface area (Å²) in [6.07, 6.45) is 2.71. The second-order valence-electron chi connectivity index (χ2n) is 5.88. The fourth-order valence-electron chi connectivity index (χ4n) is 3.21. The lowest BCUT2D eigenvalue weighted by molar-refractivity contribution is -0.242. The van der Waals surface area contributed by atoms with Crippen molar-refractivity contribution in [1.29, 1.82) is 0 Å². The van der Waals surface area contributed by atoms with Crippen LogP contribution in [0.2, 0.25) is 0 Å². The summed E-state index contributed by atoms with van der Waals surface area (Å²) in [5.74, 6) is 0. The molecule has 1 aliphatic heterocycles. The van der Waals surface area contributed by atoms with E-state index in [1.54, 1.807) is 0 Å². The van der Waals surface area contributed by atoms with Crippen LogP contribution in [0.25, 0.3) is 0 Å². The van der Waals surface area contributed by atoms with E-state index < -0.39 is 6.10 Å². The van der Waals surface area contributed by atoms with Crippen LogP contribution in [0, 0.1) is 0 Å². The molecule has 1 aromatic rings. The van der Waals surface area contributed by atoms with Crippen molar-refractivity contribution in [2.75, 3.05) is 0 Å². The number of rotatable bonds is 2. The molecule has 0 unspecified atom stereocenters. The fourth-order valence-corrected chi connectivity index (χ4v) is 3.21. The Kier molecular flexibility index (Phi) is 4.08. The van der Waals surface area contributed by atoms with Gasteiger partial charge in [0.05, 0.1) is 18.3 Å². The molecule has 0 bridgehead atoms. The van der Waals surface area contributed by atoms with Gasteiger partial charge in [-0.05, 0) is 37.3 Å². The van der Waals surface area contributed by atoms with Crippen molar-refractivity contribution in [2.45, 2.75) is 63.3 Å². The average Bonchev–Trinajstić information content (AvgIpc) is 2.45. The number of aliphatic hydroxyl groups excluding tert-OH is 1. The van der Waals surface area contributed by atoms with Crippen LogP contribution < -0.4 is 5.73 Å². The molecule has 1 aliphatic carbocycles. The minimum Gasteiger partial charge on any atom is -0.389 e. The van der Waals surface area contributed by atoms with Gasteiger partial charge in [0.1, 0.15) is 0 Å². The van der Waals surface area contributed by atoms with E-state index in [4.69, 9.17) is 15.2 Å². The first kappa shape index (κ1) is 14.0. The molecule has 2 aliphatic rings. The smallest absolute Gasteiger partial charge is 0.160 e. The predicted molar refractivity (Wildman–Crippen MR) is 76.1 cm³/mol. The summed E-state index contributed by atoms with van der Waals surface area (Å²) < 4.78 is 11.9. The summed E-state index contributed by atoms with van der Waals surface area (Å²) in [6.45, 7) is 1.84. The number of ether oxygens (including phenoxy) is 2. The van der Waals surface area contributed by atoms with Crippen LogP contribution in [0.4, 0.5) is 0 Å². The zero-order chi connectivity index (χ0) is 14.1. The number of fused-ring (bicyclic) bond motifs is 1. The van der Waals surface area contributed by atoms with Gasteiger partial charge in [0.2, 0.25) is 0 Å². The van der Waals surface area contributed by atoms with Crippen molar-refractivity contribution in [3.8, 4) is 0 Å². The molecular formula is C16H23NO3. The number of aryl methyl sites for hydroxylation is 1. The standard InChI is InChI=1S/C16H23NO3/c1-10-16(18)13(17)9-15(19-10)20-14-8-4-6-11-5-2-3-7-12(11)14/h2-3,5,7,10,13-16,18H,4,6,8-9,17H2,1H3/t10-,13+,14+,15-,16-/m0/s1. The Morgan fingerprint density at radius 3 is 2.95 bits per heavy atom. The lowest BCUT2D eigenvalue weighted by Gasteiger charge is -2.38. The SMILES string of the molecule is C[C@@H]1O[C@@H](O[C@@H]2CCCc3ccccc32)C[C@@H](N)[C@H]1O. The van der Waals surface area contributed by atoms with E-state index in [0.717, 1.165) is 19.3 Å². The topological polar surface area (TPSA) is 64.7 Å². The molecule has 0 radical (unpaired) electrons. The van der Waals surface area contributed by atoms with Crippen LogP contribution in [-0.4, -0.2) is 29.6 Å². The third kappa shape index (κ3) is 2.74. The Hall–Kier alpha value is -0.940. The summed E-state index contributed by atoms with van der Waals surface area (Å²) in [6, 6.07) is 8.17. The number of benzene rings is 1. The van der Waals surface area contributed by atoms with Gasteiger partial charge in [0.15, 0.2) is 6.29 Å². The second kappa shape index (κ2) is 5.82. The normalized spacial score (nSPS) is 37.5. The molecule has 1 aromatic carbocycles. The Balaban J connectivity index is 1.70. The first-order chi connectivity index (χ1) is 9.65. The minimum absolute atomic E-state index is 0.0830. The second-order valence-corrected chi connectivity index (χ2v) is 5.88. The van der Waals surface area contributed by atoms with Crippen LogP contribution in [0.5, 0.6) is 0 Å². The maximum Gasteiger partial charge on any atom is 0.160 e. The molecule has 3 rings (SSSR count). The maximum atomic E-state index is 9.82. The molecule has 20 heavy (non-hydrogen) atoms. The van der Waals surface area contributed by atoms with Crippen molar-refractivity contribution in [3.05, 3.63) is 35.4 Å². The zero-order valence-corrected chi connectivity index (χ0v) is 11.9. The van der Waals surface area contributed by atoms with Crippen molar-refractivity contribution >= 4 is 0 Å². The number of hydrogen-bond acceptors (Lipinski definition) is 4. The highest BCUT2D eigenvalue weighted by Gasteiger charge is 2.35. The minimum atomic E-state index is -0.603. The van der Waals surface area contributed by atoms with Crippen molar-refractivity contribution in [3.63, 3.8) is 0 Å². The quantitative estimate of drug-likeness (QED) is 0.866. The highest BCUT2D eigenvalue weighted by molar-refractivity contribution is 5.31. The molecule has 0 saturated carbocycles. The van der Waals surface area contributed by atoms with Gasteiger partial charge in [0, 0.05) is 12.5 Å². The summed E-state index contributed by atoms with van der Waals surface area (Å²) >= 11 is 0. The molecule has 5 atom stereocenters. The third-order valence-corrected chi connectivity index (χ3v) is 4.38. The Bertz CT molecular complexity index is 453. The number of aliphatic hydroxyl groups is 1. The van der Waals surface area contributed by atoms with Gasteiger partial charge < -0.3 is 20.3 Å². The Morgan fingerprint density at radius 1 is 1.35 bits per heavy atom. The summed E-state index contributed by atoms with van der Waals surface area (Å²) in [5, 5.41) is 9.82. The van der Waals surface area contributed by atoms with Crippen LogP contribution in [0.1, 0.15) is 43.4 Å². The highest BCUT2D eigenvalue weighted by Crippen LogP contribution is 2.35. The van der Waals surface area contributed by atoms with E-state index in [2.05, 4.69) is 24.3 Å². The molecule has 1 fully saturated rings. The molecule has 1 heterocycles. The van der Waals surface area contributed by atoms with E-state index in [1.807, 2.05) is 6.92 Å². The van der Waals surface area contributed by atoms with Gasteiger partial charge in [-0.3, -0.25) is 0 Å². The van der Waals surface area contributed by atoms with Crippen LogP contribution in [0.3, 0.4) is 0 Å². The lowest BCUT2D eigenvalue weighted by Crippen LogP contribution is -2.51. The largest absolute Gasteiger partial charge is 0.389 e. The average molecular weight is 277 g/mol.